The third-order valence-corrected chi connectivity index (χ3v) is 28.9. The Hall–Kier alpha value is -19.2. The zero-order chi connectivity index (χ0) is 92.6. The molecule has 0 amide bonds. The highest BCUT2D eigenvalue weighted by atomic mass is 15.1. The maximum atomic E-state index is 4.68. The van der Waals surface area contributed by atoms with E-state index in [1.54, 1.807) is 6.33 Å². The molecule has 0 atom stereocenters. The molecule has 14 heteroatoms. The van der Waals surface area contributed by atoms with Gasteiger partial charge in [-0.2, -0.15) is 5.10 Å². The van der Waals surface area contributed by atoms with Crippen LogP contribution in [0, 0.1) is 6.92 Å². The molecule has 32 rings (SSSR count). The first-order valence-electron chi connectivity index (χ1n) is 47.5. The molecule has 14 nitrogen and oxygen atoms in total. The summed E-state index contributed by atoms with van der Waals surface area (Å²) in [5.41, 5.74) is 37.9. The van der Waals surface area contributed by atoms with Gasteiger partial charge >= 0.3 is 0 Å². The molecule has 654 valence electrons. The fraction of sp³-hybridized carbons (Fsp3) is 0.00787. The molecular formula is C127H76N14. The number of para-hydroxylation sites is 6. The Bertz CT molecular complexity index is 10300. The number of hydrogen-bond acceptors (Lipinski definition) is 10. The molecule has 0 saturated carbocycles. The second-order valence-corrected chi connectivity index (χ2v) is 36.7. The summed E-state index contributed by atoms with van der Waals surface area (Å²) < 4.78 is 9.68. The summed E-state index contributed by atoms with van der Waals surface area (Å²) in [5, 5.41) is 33.2. The lowest BCUT2D eigenvalue weighted by atomic mass is 9.95. The van der Waals surface area contributed by atoms with Crippen LogP contribution < -0.4 is 0 Å². The van der Waals surface area contributed by atoms with E-state index in [9.17, 15) is 0 Å². The number of aromatic nitrogens is 14. The summed E-state index contributed by atoms with van der Waals surface area (Å²) >= 11 is 0. The van der Waals surface area contributed by atoms with Crippen molar-refractivity contribution >= 4 is 196 Å². The minimum absolute atomic E-state index is 0.782. The van der Waals surface area contributed by atoms with Crippen LogP contribution >= 0.6 is 0 Å². The van der Waals surface area contributed by atoms with E-state index in [2.05, 4.69) is 420 Å². The molecule has 0 spiro atoms. The van der Waals surface area contributed by atoms with E-state index < -0.39 is 0 Å². The Kier molecular flexibility index (Phi) is 17.7. The zero-order valence-electron chi connectivity index (χ0n) is 75.9. The fourth-order valence-corrected chi connectivity index (χ4v) is 22.8. The van der Waals surface area contributed by atoms with Crippen LogP contribution in [0.1, 0.15) is 5.69 Å². The van der Waals surface area contributed by atoms with Crippen LogP contribution in [0.15, 0.2) is 444 Å². The third-order valence-electron chi connectivity index (χ3n) is 28.9. The molecule has 141 heavy (non-hydrogen) atoms. The van der Waals surface area contributed by atoms with Gasteiger partial charge in [-0.15, -0.1) is 5.10 Å². The van der Waals surface area contributed by atoms with E-state index in [0.29, 0.717) is 0 Å². The first-order chi connectivity index (χ1) is 69.9. The Balaban J connectivity index is 0.0000000900. The molecule has 32 aromatic rings. The SMILES string of the molecule is Cc1cc(-c2cc3c4ccccc4n4c5ccc(-c6ccccn6)cc5c(c2)c34)c2cccnc2n1.c1cc(-c2cc3c4ccccc4n4c5ccccc5c(c2)c34)cc(-c2cccc3cncnc23)c1.c1ccc(-c2ccc3c(c2)c2cc(-c4cncc5cnccc45)cc4c5ccccc5n3c42)cc1.c1ccc(-c2ccc3c(c2)c2cc(-c4cnnc5cccnc45)cc4c5ccccc5n3c42)cc1. The zero-order valence-corrected chi connectivity index (χ0v) is 75.9. The van der Waals surface area contributed by atoms with E-state index in [0.717, 1.165) is 88.7 Å². The average Bonchev–Trinajstić information content (AvgIpc) is 1.56. The van der Waals surface area contributed by atoms with Gasteiger partial charge in [0, 0.05) is 180 Å². The van der Waals surface area contributed by atoms with E-state index in [1.807, 2.05) is 93.0 Å². The summed E-state index contributed by atoms with van der Waals surface area (Å²) in [6, 6.07) is 137. The Morgan fingerprint density at radius 1 is 0.206 bits per heavy atom. The van der Waals surface area contributed by atoms with Crippen molar-refractivity contribution in [1.29, 1.82) is 0 Å². The molecule has 0 saturated heterocycles. The normalized spacial score (nSPS) is 12.0. The summed E-state index contributed by atoms with van der Waals surface area (Å²) in [6.45, 7) is 2.04. The number of hydrogen-bond donors (Lipinski definition) is 0. The van der Waals surface area contributed by atoms with E-state index in [1.165, 1.54) is 202 Å². The van der Waals surface area contributed by atoms with Crippen molar-refractivity contribution in [2.75, 3.05) is 0 Å². The van der Waals surface area contributed by atoms with Crippen molar-refractivity contribution in [2.24, 2.45) is 0 Å². The van der Waals surface area contributed by atoms with Gasteiger partial charge in [-0.05, 0) is 243 Å². The number of nitrogens with zero attached hydrogens (tertiary/aromatic N) is 14. The highest BCUT2D eigenvalue weighted by molar-refractivity contribution is 6.30. The lowest BCUT2D eigenvalue weighted by molar-refractivity contribution is 1.07. The van der Waals surface area contributed by atoms with E-state index in [4.69, 9.17) is 0 Å². The summed E-state index contributed by atoms with van der Waals surface area (Å²) in [7, 11) is 0. The monoisotopic (exact) mass is 1800 g/mol. The van der Waals surface area contributed by atoms with Gasteiger partial charge in [0.1, 0.15) is 11.8 Å². The molecule has 0 aliphatic heterocycles. The van der Waals surface area contributed by atoms with Crippen LogP contribution in [0.5, 0.6) is 0 Å². The van der Waals surface area contributed by atoms with Gasteiger partial charge < -0.3 is 17.6 Å². The maximum Gasteiger partial charge on any atom is 0.159 e. The van der Waals surface area contributed by atoms with Gasteiger partial charge in [0.05, 0.1) is 89.1 Å². The van der Waals surface area contributed by atoms with Gasteiger partial charge in [-0.3, -0.25) is 19.9 Å². The molecule has 16 aromatic carbocycles. The quantitative estimate of drug-likeness (QED) is 0.144. The molecule has 0 N–H and O–H groups in total. The van der Waals surface area contributed by atoms with Crippen molar-refractivity contribution in [3.8, 4) is 89.1 Å². The molecule has 0 unspecified atom stereocenters. The van der Waals surface area contributed by atoms with Gasteiger partial charge in [-0.1, -0.05) is 212 Å². The van der Waals surface area contributed by atoms with Crippen molar-refractivity contribution in [2.45, 2.75) is 6.92 Å². The molecule has 0 bridgehead atoms. The Morgan fingerprint density at radius 3 is 1.19 bits per heavy atom. The van der Waals surface area contributed by atoms with Crippen molar-refractivity contribution < 1.29 is 0 Å². The van der Waals surface area contributed by atoms with Gasteiger partial charge in [-0.25, -0.2) is 19.9 Å². The number of benzene rings is 16. The number of rotatable bonds is 8. The summed E-state index contributed by atoms with van der Waals surface area (Å²) in [4.78, 5) is 36.1. The molecule has 16 heterocycles. The highest BCUT2D eigenvalue weighted by Crippen LogP contribution is 2.50. The van der Waals surface area contributed by atoms with E-state index >= 15 is 0 Å². The van der Waals surface area contributed by atoms with Crippen LogP contribution in [0.4, 0.5) is 0 Å². The van der Waals surface area contributed by atoms with Crippen LogP contribution in [0.3, 0.4) is 0 Å². The Labute approximate surface area is 804 Å². The second kappa shape index (κ2) is 31.5. The Morgan fingerprint density at radius 2 is 0.631 bits per heavy atom. The standard InChI is InChI=1S/C32H20N4.2C32H19N3.C31H18N4/c1-19-15-24(23-8-6-14-34-32(23)35-19)21-17-26-22-7-2-3-10-29(22)36-30-12-11-20(28-9-4-5-13-33-28)16-25(30)27(18-21)31(26)36;1-3-13-29-25(10-1)27-16-23(17-28-26-11-2-4-14-30(26)35(29)32(27)28)20-7-5-8-21(15-20)24-12-6-9-22-18-33-19-34-31(22)24;1-2-6-20(7-3-1)21-10-11-31-26(14-21)28-16-22(29-19-34-18-23-17-33-13-12-24(23)29)15-27-25-8-4-5-9-30(25)35(31)32(27)28;1-2-7-19(8-3-1)20-12-13-29-23(15-20)25-17-21(26-18-33-34-27-10-6-14-32-30(26)27)16-24-22-9-4-5-11-28(22)35(29)31(24)25/h2-18H,1H3;2*1-19H;1-18H. The smallest absolute Gasteiger partial charge is 0.159 e. The second-order valence-electron chi connectivity index (χ2n) is 36.7. The number of aryl methyl sites for hydroxylation is 1. The van der Waals surface area contributed by atoms with Gasteiger partial charge in [0.15, 0.2) is 5.65 Å². The summed E-state index contributed by atoms with van der Waals surface area (Å²) in [6.07, 6.45) is 18.4. The first kappa shape index (κ1) is 79.2. The predicted molar refractivity (Wildman–Crippen MR) is 581 cm³/mol. The van der Waals surface area contributed by atoms with Crippen LogP contribution in [0.25, 0.3) is 285 Å². The summed E-state index contributed by atoms with van der Waals surface area (Å²) in [5.74, 6) is 0. The third kappa shape index (κ3) is 12.4. The molecule has 0 aliphatic rings. The molecule has 0 aliphatic carbocycles. The van der Waals surface area contributed by atoms with Crippen LogP contribution in [-0.2, 0) is 0 Å². The minimum atomic E-state index is 0.782. The molecule has 0 radical (unpaired) electrons. The average molecular weight is 1800 g/mol. The van der Waals surface area contributed by atoms with Crippen LogP contribution in [0.2, 0.25) is 0 Å². The minimum Gasteiger partial charge on any atom is -0.308 e. The van der Waals surface area contributed by atoms with Gasteiger partial charge in [0.2, 0.25) is 0 Å². The van der Waals surface area contributed by atoms with E-state index in [-0.39, 0.29) is 0 Å². The molecule has 16 aromatic heterocycles. The maximum absolute atomic E-state index is 4.68. The van der Waals surface area contributed by atoms with Crippen molar-refractivity contribution in [3.05, 3.63) is 450 Å². The van der Waals surface area contributed by atoms with Crippen molar-refractivity contribution in [1.82, 2.24) is 67.7 Å². The number of fused-ring (bicyclic) bond motifs is 28. The van der Waals surface area contributed by atoms with Gasteiger partial charge in [0.25, 0.3) is 0 Å². The van der Waals surface area contributed by atoms with Crippen molar-refractivity contribution in [3.63, 3.8) is 0 Å². The molecular weight excluding hydrogens is 1720 g/mol. The lowest BCUT2D eigenvalue weighted by Gasteiger charge is -2.09. The first-order valence-corrected chi connectivity index (χ1v) is 47.5. The predicted octanol–water partition coefficient (Wildman–Crippen LogP) is 31.6. The molecule has 0 fully saturated rings. The highest BCUT2D eigenvalue weighted by Gasteiger charge is 2.27. The topological polar surface area (TPSA) is 147 Å². The largest absolute Gasteiger partial charge is 0.308 e. The number of pyridine rings is 6. The lowest BCUT2D eigenvalue weighted by Crippen LogP contribution is -1.90. The van der Waals surface area contributed by atoms with Crippen LogP contribution in [-0.4, -0.2) is 67.7 Å². The fourth-order valence-electron chi connectivity index (χ4n) is 22.8.